The van der Waals surface area contributed by atoms with Gasteiger partial charge in [-0.3, -0.25) is 9.10 Å². The topological polar surface area (TPSA) is 75.7 Å². The Labute approximate surface area is 206 Å². The maximum absolute atomic E-state index is 13.9. The van der Waals surface area contributed by atoms with E-state index in [1.807, 2.05) is 26.8 Å². The molecule has 0 aliphatic heterocycles. The largest absolute Gasteiger partial charge is 0.494 e. The summed E-state index contributed by atoms with van der Waals surface area (Å²) < 4.78 is 34.3. The van der Waals surface area contributed by atoms with Crippen molar-refractivity contribution in [1.82, 2.24) is 0 Å². The summed E-state index contributed by atoms with van der Waals surface area (Å²) in [6.07, 6.45) is 0. The SMILES string of the molecule is CCOc1ccc(NC(=O)CN(c2cccc(C)c2C)S(=O)(=O)c2cc(C)c(Cl)cc2C)cc1. The van der Waals surface area contributed by atoms with Gasteiger partial charge in [-0.2, -0.15) is 0 Å². The molecule has 8 heteroatoms. The van der Waals surface area contributed by atoms with Crippen LogP contribution in [0.4, 0.5) is 11.4 Å². The molecule has 0 bridgehead atoms. The van der Waals surface area contributed by atoms with Crippen LogP contribution in [0.1, 0.15) is 29.2 Å². The lowest BCUT2D eigenvalue weighted by molar-refractivity contribution is -0.114. The molecule has 0 heterocycles. The standard InChI is InChI=1S/C26H29ClN2O4S/c1-6-33-22-12-10-21(11-13-22)28-26(30)16-29(24-9-7-8-17(2)20(24)5)34(31,32)25-15-18(3)23(27)14-19(25)4/h7-15H,6,16H2,1-5H3,(H,28,30). The fraction of sp³-hybridized carbons (Fsp3) is 0.269. The van der Waals surface area contributed by atoms with Gasteiger partial charge in [0.25, 0.3) is 10.0 Å². The first kappa shape index (κ1) is 25.6. The highest BCUT2D eigenvalue weighted by Crippen LogP contribution is 2.32. The third-order valence-electron chi connectivity index (χ3n) is 5.61. The number of carbonyl (C=O) groups excluding carboxylic acids is 1. The van der Waals surface area contributed by atoms with E-state index in [1.165, 1.54) is 0 Å². The van der Waals surface area contributed by atoms with E-state index >= 15 is 0 Å². The highest BCUT2D eigenvalue weighted by molar-refractivity contribution is 7.93. The number of carbonyl (C=O) groups is 1. The smallest absolute Gasteiger partial charge is 0.265 e. The van der Waals surface area contributed by atoms with Gasteiger partial charge in [0.1, 0.15) is 12.3 Å². The number of ether oxygens (including phenoxy) is 1. The predicted molar refractivity (Wildman–Crippen MR) is 138 cm³/mol. The first-order valence-corrected chi connectivity index (χ1v) is 12.7. The Hall–Kier alpha value is -3.03. The Kier molecular flexibility index (Phi) is 7.89. The lowest BCUT2D eigenvalue weighted by Gasteiger charge is -2.27. The second kappa shape index (κ2) is 10.5. The van der Waals surface area contributed by atoms with Gasteiger partial charge in [-0.05, 0) is 99.3 Å². The average Bonchev–Trinajstić information content (AvgIpc) is 2.78. The van der Waals surface area contributed by atoms with Gasteiger partial charge in [0.15, 0.2) is 0 Å². The van der Waals surface area contributed by atoms with Gasteiger partial charge in [0, 0.05) is 10.7 Å². The van der Waals surface area contributed by atoms with Crippen LogP contribution in [-0.2, 0) is 14.8 Å². The summed E-state index contributed by atoms with van der Waals surface area (Å²) >= 11 is 6.20. The molecule has 0 fully saturated rings. The number of anilines is 2. The van der Waals surface area contributed by atoms with Crippen LogP contribution in [0.15, 0.2) is 59.5 Å². The molecule has 0 aromatic heterocycles. The number of amides is 1. The van der Waals surface area contributed by atoms with Crippen LogP contribution in [-0.4, -0.2) is 27.5 Å². The lowest BCUT2D eigenvalue weighted by Crippen LogP contribution is -2.39. The van der Waals surface area contributed by atoms with E-state index in [1.54, 1.807) is 62.4 Å². The number of rotatable bonds is 8. The van der Waals surface area contributed by atoms with Crippen molar-refractivity contribution in [2.75, 3.05) is 22.8 Å². The predicted octanol–water partition coefficient (Wildman–Crippen LogP) is 5.81. The molecule has 3 aromatic carbocycles. The summed E-state index contributed by atoms with van der Waals surface area (Å²) in [6.45, 7) is 9.24. The minimum Gasteiger partial charge on any atom is -0.494 e. The molecule has 1 amide bonds. The van der Waals surface area contributed by atoms with Crippen LogP contribution >= 0.6 is 11.6 Å². The van der Waals surface area contributed by atoms with E-state index in [2.05, 4.69) is 5.32 Å². The highest BCUT2D eigenvalue weighted by Gasteiger charge is 2.30. The quantitative estimate of drug-likeness (QED) is 0.423. The monoisotopic (exact) mass is 500 g/mol. The Bertz CT molecular complexity index is 1310. The second-order valence-electron chi connectivity index (χ2n) is 8.10. The molecule has 0 saturated heterocycles. The van der Waals surface area contributed by atoms with Crippen molar-refractivity contribution in [3.05, 3.63) is 81.9 Å². The van der Waals surface area contributed by atoms with Crippen LogP contribution in [0.3, 0.4) is 0 Å². The van der Waals surface area contributed by atoms with E-state index in [0.29, 0.717) is 39.9 Å². The number of benzene rings is 3. The van der Waals surface area contributed by atoms with Gasteiger partial charge in [-0.1, -0.05) is 23.7 Å². The summed E-state index contributed by atoms with van der Waals surface area (Å²) in [6, 6.07) is 15.5. The zero-order valence-electron chi connectivity index (χ0n) is 20.0. The summed E-state index contributed by atoms with van der Waals surface area (Å²) in [5.74, 6) is 0.227. The van der Waals surface area contributed by atoms with Crippen LogP contribution in [0.2, 0.25) is 5.02 Å². The molecule has 34 heavy (non-hydrogen) atoms. The van der Waals surface area contributed by atoms with Gasteiger partial charge in [0.05, 0.1) is 17.2 Å². The first-order chi connectivity index (χ1) is 16.0. The van der Waals surface area contributed by atoms with Gasteiger partial charge in [0.2, 0.25) is 5.91 Å². The molecule has 0 atom stereocenters. The lowest BCUT2D eigenvalue weighted by atomic mass is 10.1. The minimum absolute atomic E-state index is 0.115. The molecule has 3 rings (SSSR count). The normalized spacial score (nSPS) is 11.2. The van der Waals surface area contributed by atoms with E-state index in [4.69, 9.17) is 16.3 Å². The van der Waals surface area contributed by atoms with Gasteiger partial charge in [-0.25, -0.2) is 8.42 Å². The summed E-state index contributed by atoms with van der Waals surface area (Å²) in [5, 5.41) is 3.27. The molecule has 3 aromatic rings. The van der Waals surface area contributed by atoms with Crippen LogP contribution in [0.5, 0.6) is 5.75 Å². The molecule has 0 spiro atoms. The molecule has 1 N–H and O–H groups in total. The molecule has 0 aliphatic rings. The average molecular weight is 501 g/mol. The number of aryl methyl sites for hydroxylation is 3. The molecule has 0 aliphatic carbocycles. The number of nitrogens with zero attached hydrogens (tertiary/aromatic N) is 1. The van der Waals surface area contributed by atoms with Gasteiger partial charge in [-0.15, -0.1) is 0 Å². The Morgan fingerprint density at radius 1 is 0.971 bits per heavy atom. The summed E-state index contributed by atoms with van der Waals surface area (Å²) in [5.41, 5.74) is 3.86. The number of hydrogen-bond acceptors (Lipinski definition) is 4. The van der Waals surface area contributed by atoms with Crippen molar-refractivity contribution < 1.29 is 17.9 Å². The maximum Gasteiger partial charge on any atom is 0.265 e. The second-order valence-corrected chi connectivity index (χ2v) is 10.3. The van der Waals surface area contributed by atoms with Crippen molar-refractivity contribution in [2.24, 2.45) is 0 Å². The summed E-state index contributed by atoms with van der Waals surface area (Å²) in [4.78, 5) is 13.1. The van der Waals surface area contributed by atoms with Crippen LogP contribution < -0.4 is 14.4 Å². The van der Waals surface area contributed by atoms with Gasteiger partial charge < -0.3 is 10.1 Å². The number of halogens is 1. The fourth-order valence-corrected chi connectivity index (χ4v) is 5.58. The molecule has 6 nitrogen and oxygen atoms in total. The zero-order chi connectivity index (χ0) is 25.0. The number of nitrogens with one attached hydrogen (secondary N) is 1. The number of hydrogen-bond donors (Lipinski definition) is 1. The van der Waals surface area contributed by atoms with E-state index < -0.39 is 15.9 Å². The van der Waals surface area contributed by atoms with Crippen LogP contribution in [0, 0.1) is 27.7 Å². The van der Waals surface area contributed by atoms with Crippen molar-refractivity contribution in [1.29, 1.82) is 0 Å². The molecule has 0 unspecified atom stereocenters. The van der Waals surface area contributed by atoms with Crippen molar-refractivity contribution in [2.45, 2.75) is 39.5 Å². The Morgan fingerprint density at radius 3 is 2.29 bits per heavy atom. The fourth-order valence-electron chi connectivity index (χ4n) is 3.59. The van der Waals surface area contributed by atoms with E-state index in [9.17, 15) is 13.2 Å². The Morgan fingerprint density at radius 2 is 1.65 bits per heavy atom. The third-order valence-corrected chi connectivity index (χ3v) is 7.91. The summed E-state index contributed by atoms with van der Waals surface area (Å²) in [7, 11) is -4.07. The van der Waals surface area contributed by atoms with Crippen molar-refractivity contribution >= 4 is 38.9 Å². The number of sulfonamides is 1. The zero-order valence-corrected chi connectivity index (χ0v) is 21.5. The van der Waals surface area contributed by atoms with E-state index in [-0.39, 0.29) is 11.4 Å². The third kappa shape index (κ3) is 5.54. The molecule has 180 valence electrons. The van der Waals surface area contributed by atoms with Crippen molar-refractivity contribution in [3.8, 4) is 5.75 Å². The molecular formula is C26H29ClN2O4S. The highest BCUT2D eigenvalue weighted by atomic mass is 35.5. The maximum atomic E-state index is 13.9. The van der Waals surface area contributed by atoms with Gasteiger partial charge >= 0.3 is 0 Å². The minimum atomic E-state index is -4.07. The van der Waals surface area contributed by atoms with Crippen molar-refractivity contribution in [3.63, 3.8) is 0 Å². The Balaban J connectivity index is 2.00. The van der Waals surface area contributed by atoms with Crippen LogP contribution in [0.25, 0.3) is 0 Å². The molecule has 0 saturated carbocycles. The molecular weight excluding hydrogens is 472 g/mol. The molecule has 0 radical (unpaired) electrons. The first-order valence-electron chi connectivity index (χ1n) is 10.9. The van der Waals surface area contributed by atoms with E-state index in [0.717, 1.165) is 15.4 Å².